The molecule has 0 aliphatic carbocycles. The molecule has 1 amide bonds. The third-order valence-electron chi connectivity index (χ3n) is 2.58. The Labute approximate surface area is 123 Å². The van der Waals surface area contributed by atoms with Gasteiger partial charge in [-0.1, -0.05) is 12.1 Å². The van der Waals surface area contributed by atoms with Crippen LogP contribution in [0.15, 0.2) is 24.3 Å². The van der Waals surface area contributed by atoms with Crippen molar-refractivity contribution < 1.29 is 19.0 Å². The van der Waals surface area contributed by atoms with Crippen molar-refractivity contribution in [3.63, 3.8) is 0 Å². The minimum atomic E-state index is -1.39. The Morgan fingerprint density at radius 1 is 1.43 bits per heavy atom. The molecule has 0 radical (unpaired) electrons. The average Bonchev–Trinajstić information content (AvgIpc) is 2.37. The molecule has 0 aliphatic heterocycles. The molecule has 0 aromatic heterocycles. The maximum absolute atomic E-state index is 12.9. The van der Waals surface area contributed by atoms with Crippen molar-refractivity contribution in [1.82, 2.24) is 5.32 Å². The lowest BCUT2D eigenvalue weighted by atomic mass is 10.0. The lowest BCUT2D eigenvalue weighted by Gasteiger charge is -2.24. The van der Waals surface area contributed by atoms with Crippen LogP contribution >= 0.6 is 0 Å². The predicted molar refractivity (Wildman–Crippen MR) is 74.9 cm³/mol. The fourth-order valence-electron chi connectivity index (χ4n) is 1.66. The number of aliphatic hydroxyl groups is 1. The van der Waals surface area contributed by atoms with Crippen LogP contribution in [-0.2, 0) is 11.2 Å². The average molecular weight is 294 g/mol. The Morgan fingerprint density at radius 3 is 2.48 bits per heavy atom. The molecule has 21 heavy (non-hydrogen) atoms. The van der Waals surface area contributed by atoms with E-state index in [0.717, 1.165) is 0 Å². The second-order valence-electron chi connectivity index (χ2n) is 5.66. The summed E-state index contributed by atoms with van der Waals surface area (Å²) in [5, 5.41) is 21.0. The molecule has 0 spiro atoms. The number of nitrogens with zero attached hydrogens (tertiary/aromatic N) is 1. The van der Waals surface area contributed by atoms with E-state index in [1.165, 1.54) is 24.3 Å². The van der Waals surface area contributed by atoms with Gasteiger partial charge in [-0.25, -0.2) is 9.18 Å². The number of rotatable bonds is 4. The summed E-state index contributed by atoms with van der Waals surface area (Å²) >= 11 is 0. The van der Waals surface area contributed by atoms with Crippen molar-refractivity contribution in [2.24, 2.45) is 0 Å². The van der Waals surface area contributed by atoms with E-state index in [4.69, 9.17) is 10.00 Å². The zero-order valence-electron chi connectivity index (χ0n) is 12.3. The number of aliphatic hydroxyl groups excluding tert-OH is 1. The summed E-state index contributed by atoms with van der Waals surface area (Å²) in [5.41, 5.74) is 0.00835. The van der Waals surface area contributed by atoms with Gasteiger partial charge in [-0.05, 0) is 44.9 Å². The van der Waals surface area contributed by atoms with E-state index in [-0.39, 0.29) is 12.2 Å². The van der Waals surface area contributed by atoms with Crippen molar-refractivity contribution in [3.05, 3.63) is 35.6 Å². The molecule has 1 unspecified atom stereocenters. The first-order valence-electron chi connectivity index (χ1n) is 6.53. The molecule has 0 aliphatic rings. The maximum atomic E-state index is 12.9. The molecule has 5 nitrogen and oxygen atoms in total. The van der Waals surface area contributed by atoms with E-state index in [1.54, 1.807) is 26.8 Å². The number of alkyl carbamates (subject to hydrolysis) is 1. The first-order chi connectivity index (χ1) is 9.71. The first kappa shape index (κ1) is 16.9. The van der Waals surface area contributed by atoms with Gasteiger partial charge in [0.1, 0.15) is 11.4 Å². The number of halogens is 1. The smallest absolute Gasteiger partial charge is 0.408 e. The van der Waals surface area contributed by atoms with Gasteiger partial charge >= 0.3 is 6.09 Å². The molecule has 0 fully saturated rings. The highest BCUT2D eigenvalue weighted by Crippen LogP contribution is 2.11. The SMILES string of the molecule is CC(C)(C)OC(=O)N[C@H](Cc1ccc(F)cc1)C(O)C#N. The Balaban J connectivity index is 2.75. The van der Waals surface area contributed by atoms with E-state index >= 15 is 0 Å². The minimum absolute atomic E-state index is 0.189. The fraction of sp³-hybridized carbons (Fsp3) is 0.467. The highest BCUT2D eigenvalue weighted by Gasteiger charge is 2.24. The number of ether oxygens (including phenoxy) is 1. The van der Waals surface area contributed by atoms with Gasteiger partial charge < -0.3 is 15.2 Å². The summed E-state index contributed by atoms with van der Waals surface area (Å²) in [4.78, 5) is 11.7. The van der Waals surface area contributed by atoms with E-state index in [1.807, 2.05) is 0 Å². The van der Waals surface area contributed by atoms with Crippen LogP contribution in [0.4, 0.5) is 9.18 Å². The topological polar surface area (TPSA) is 82.3 Å². The number of hydrogen-bond donors (Lipinski definition) is 2. The number of amides is 1. The largest absolute Gasteiger partial charge is 0.444 e. The van der Waals surface area contributed by atoms with Crippen LogP contribution in [-0.4, -0.2) is 28.9 Å². The number of nitriles is 1. The molecule has 1 rings (SSSR count). The van der Waals surface area contributed by atoms with Crippen LogP contribution in [0, 0.1) is 17.1 Å². The number of benzene rings is 1. The lowest BCUT2D eigenvalue weighted by molar-refractivity contribution is 0.0458. The maximum Gasteiger partial charge on any atom is 0.408 e. The molecule has 2 N–H and O–H groups in total. The van der Waals surface area contributed by atoms with Crippen LogP contribution in [0.25, 0.3) is 0 Å². The summed E-state index contributed by atoms with van der Waals surface area (Å²) in [6.45, 7) is 5.13. The van der Waals surface area contributed by atoms with Crippen LogP contribution in [0.2, 0.25) is 0 Å². The summed E-state index contributed by atoms with van der Waals surface area (Å²) in [6, 6.07) is 6.45. The monoisotopic (exact) mass is 294 g/mol. The van der Waals surface area contributed by atoms with Gasteiger partial charge in [-0.2, -0.15) is 5.26 Å². The third-order valence-corrected chi connectivity index (χ3v) is 2.58. The van der Waals surface area contributed by atoms with Crippen molar-refractivity contribution in [2.45, 2.75) is 44.9 Å². The van der Waals surface area contributed by atoms with Gasteiger partial charge in [-0.3, -0.25) is 0 Å². The van der Waals surface area contributed by atoms with Crippen molar-refractivity contribution in [1.29, 1.82) is 5.26 Å². The van der Waals surface area contributed by atoms with E-state index < -0.39 is 23.8 Å². The van der Waals surface area contributed by atoms with Gasteiger partial charge in [0.15, 0.2) is 6.10 Å². The van der Waals surface area contributed by atoms with Crippen LogP contribution in [0.1, 0.15) is 26.3 Å². The number of carbonyl (C=O) groups is 1. The zero-order valence-corrected chi connectivity index (χ0v) is 12.3. The molecule has 114 valence electrons. The number of carbonyl (C=O) groups excluding carboxylic acids is 1. The number of nitrogens with one attached hydrogen (secondary N) is 1. The second kappa shape index (κ2) is 7.04. The first-order valence-corrected chi connectivity index (χ1v) is 6.53. The molecular weight excluding hydrogens is 275 g/mol. The Kier molecular flexibility index (Phi) is 5.68. The number of hydrogen-bond acceptors (Lipinski definition) is 4. The van der Waals surface area contributed by atoms with Gasteiger partial charge in [0, 0.05) is 0 Å². The van der Waals surface area contributed by atoms with Crippen LogP contribution in [0.3, 0.4) is 0 Å². The molecular formula is C15H19FN2O3. The molecule has 1 aromatic rings. The summed E-state index contributed by atoms with van der Waals surface area (Å²) < 4.78 is 17.9. The predicted octanol–water partition coefficient (Wildman–Crippen LogP) is 2.15. The molecule has 0 saturated heterocycles. The Morgan fingerprint density at radius 2 is 2.00 bits per heavy atom. The molecule has 1 aromatic carbocycles. The van der Waals surface area contributed by atoms with Gasteiger partial charge in [0.25, 0.3) is 0 Å². The highest BCUT2D eigenvalue weighted by molar-refractivity contribution is 5.68. The Bertz CT molecular complexity index is 517. The van der Waals surface area contributed by atoms with Crippen LogP contribution in [0.5, 0.6) is 0 Å². The molecule has 0 heterocycles. The van der Waals surface area contributed by atoms with Gasteiger partial charge in [0.05, 0.1) is 12.1 Å². The fourth-order valence-corrected chi connectivity index (χ4v) is 1.66. The quantitative estimate of drug-likeness (QED) is 0.834. The summed E-state index contributed by atoms with van der Waals surface area (Å²) in [7, 11) is 0. The summed E-state index contributed by atoms with van der Waals surface area (Å²) in [6.07, 6.45) is -1.92. The van der Waals surface area contributed by atoms with Crippen molar-refractivity contribution in [3.8, 4) is 6.07 Å². The molecule has 2 atom stereocenters. The molecule has 0 saturated carbocycles. The van der Waals surface area contributed by atoms with E-state index in [0.29, 0.717) is 5.56 Å². The van der Waals surface area contributed by atoms with E-state index in [2.05, 4.69) is 5.32 Å². The second-order valence-corrected chi connectivity index (χ2v) is 5.66. The molecule has 6 heteroatoms. The third kappa shape index (κ3) is 6.23. The lowest BCUT2D eigenvalue weighted by Crippen LogP contribution is -2.46. The summed E-state index contributed by atoms with van der Waals surface area (Å²) in [5.74, 6) is -0.378. The minimum Gasteiger partial charge on any atom is -0.444 e. The highest BCUT2D eigenvalue weighted by atomic mass is 19.1. The van der Waals surface area contributed by atoms with Crippen molar-refractivity contribution in [2.75, 3.05) is 0 Å². The van der Waals surface area contributed by atoms with Crippen LogP contribution < -0.4 is 5.32 Å². The van der Waals surface area contributed by atoms with Gasteiger partial charge in [-0.15, -0.1) is 0 Å². The normalized spacial score (nSPS) is 13.9. The standard InChI is InChI=1S/C15H19FN2O3/c1-15(2,3)21-14(20)18-12(13(19)9-17)8-10-4-6-11(16)7-5-10/h4-7,12-13,19H,8H2,1-3H3,(H,18,20)/t12-,13?/m1/s1. The Hall–Kier alpha value is -2.13. The van der Waals surface area contributed by atoms with Crippen molar-refractivity contribution >= 4 is 6.09 Å². The zero-order chi connectivity index (χ0) is 16.0. The van der Waals surface area contributed by atoms with E-state index in [9.17, 15) is 14.3 Å². The van der Waals surface area contributed by atoms with Gasteiger partial charge in [0.2, 0.25) is 0 Å². The molecule has 0 bridgehead atoms.